The summed E-state index contributed by atoms with van der Waals surface area (Å²) in [7, 11) is 1.59. The number of nitrogens with zero attached hydrogens (tertiary/aromatic N) is 3. The Labute approximate surface area is 214 Å². The molecule has 1 fully saturated rings. The van der Waals surface area contributed by atoms with Crippen molar-refractivity contribution in [1.29, 1.82) is 0 Å². The standard InChI is InChI=1S/C24H24BrF2N5O4/c1-36-10-9-31-12-16(14-7-8-17(26)18(27)11-14)19(13-31)28-24(35)29-22-20(25)21(23(33)34)30-32(22)15-5-3-2-4-6-15/h2-8,11,16,19H,9-10,12-13H2,1H3,(H,33,34)(H2,28,29,35). The summed E-state index contributed by atoms with van der Waals surface area (Å²) in [5.74, 6) is -3.33. The van der Waals surface area contributed by atoms with Crippen molar-refractivity contribution in [2.24, 2.45) is 0 Å². The van der Waals surface area contributed by atoms with Crippen LogP contribution in [0, 0.1) is 11.6 Å². The lowest BCUT2D eigenvalue weighted by Gasteiger charge is -2.21. The number of nitrogens with one attached hydrogen (secondary N) is 2. The van der Waals surface area contributed by atoms with Gasteiger partial charge in [-0.25, -0.2) is 23.1 Å². The molecule has 0 radical (unpaired) electrons. The molecule has 9 nitrogen and oxygen atoms in total. The minimum Gasteiger partial charge on any atom is -0.476 e. The first-order valence-corrected chi connectivity index (χ1v) is 11.9. The third-order valence-electron chi connectivity index (χ3n) is 5.96. The van der Waals surface area contributed by atoms with Gasteiger partial charge in [0.2, 0.25) is 0 Å². The predicted molar refractivity (Wildman–Crippen MR) is 132 cm³/mol. The van der Waals surface area contributed by atoms with Crippen LogP contribution in [-0.4, -0.2) is 71.2 Å². The monoisotopic (exact) mass is 563 g/mol. The molecule has 4 rings (SSSR count). The van der Waals surface area contributed by atoms with E-state index in [2.05, 4.69) is 36.6 Å². The second-order valence-electron chi connectivity index (χ2n) is 8.30. The summed E-state index contributed by atoms with van der Waals surface area (Å²) in [5.41, 5.74) is 0.843. The van der Waals surface area contributed by atoms with Crippen LogP contribution in [0.1, 0.15) is 22.0 Å². The molecule has 1 aromatic heterocycles. The van der Waals surface area contributed by atoms with Crippen LogP contribution in [0.5, 0.6) is 0 Å². The van der Waals surface area contributed by atoms with Gasteiger partial charge in [-0.2, -0.15) is 5.10 Å². The van der Waals surface area contributed by atoms with E-state index in [9.17, 15) is 23.5 Å². The molecule has 3 N–H and O–H groups in total. The minimum absolute atomic E-state index is 0.110. The summed E-state index contributed by atoms with van der Waals surface area (Å²) in [6.45, 7) is 2.05. The molecule has 0 saturated carbocycles. The smallest absolute Gasteiger partial charge is 0.357 e. The molecule has 1 aliphatic heterocycles. The third-order valence-corrected chi connectivity index (χ3v) is 6.71. The van der Waals surface area contributed by atoms with Crippen molar-refractivity contribution >= 4 is 33.7 Å². The summed E-state index contributed by atoms with van der Waals surface area (Å²) in [6.07, 6.45) is 0. The van der Waals surface area contributed by atoms with Crippen LogP contribution in [0.15, 0.2) is 53.0 Å². The van der Waals surface area contributed by atoms with Gasteiger partial charge in [-0.3, -0.25) is 10.2 Å². The third kappa shape index (κ3) is 5.55. The summed E-state index contributed by atoms with van der Waals surface area (Å²) in [5, 5.41) is 19.2. The molecular weight excluding hydrogens is 540 g/mol. The zero-order valence-corrected chi connectivity index (χ0v) is 20.8. The van der Waals surface area contributed by atoms with Crippen LogP contribution < -0.4 is 10.6 Å². The van der Waals surface area contributed by atoms with Gasteiger partial charge in [0, 0.05) is 32.7 Å². The van der Waals surface area contributed by atoms with Crippen molar-refractivity contribution in [3.63, 3.8) is 0 Å². The molecule has 2 aromatic carbocycles. The van der Waals surface area contributed by atoms with Gasteiger partial charge in [-0.15, -0.1) is 0 Å². The number of urea groups is 1. The summed E-state index contributed by atoms with van der Waals surface area (Å²) >= 11 is 3.24. The van der Waals surface area contributed by atoms with Crippen molar-refractivity contribution < 1.29 is 28.2 Å². The molecule has 190 valence electrons. The fourth-order valence-electron chi connectivity index (χ4n) is 4.23. The number of halogens is 3. The van der Waals surface area contributed by atoms with E-state index in [0.717, 1.165) is 12.1 Å². The van der Waals surface area contributed by atoms with Gasteiger partial charge < -0.3 is 15.2 Å². The number of likely N-dealkylation sites (tertiary alicyclic amines) is 1. The number of carboxylic acid groups (broad SMARTS) is 1. The molecule has 0 spiro atoms. The second kappa shape index (κ2) is 11.1. The number of carbonyl (C=O) groups excluding carboxylic acids is 1. The first-order chi connectivity index (χ1) is 17.3. The predicted octanol–water partition coefficient (Wildman–Crippen LogP) is 3.85. The van der Waals surface area contributed by atoms with Crippen LogP contribution in [-0.2, 0) is 4.74 Å². The average molecular weight is 564 g/mol. The van der Waals surface area contributed by atoms with Crippen molar-refractivity contribution in [2.75, 3.05) is 38.7 Å². The highest BCUT2D eigenvalue weighted by Crippen LogP contribution is 2.31. The molecule has 2 amide bonds. The number of anilines is 1. The maximum atomic E-state index is 14.0. The van der Waals surface area contributed by atoms with E-state index in [-0.39, 0.29) is 21.9 Å². The topological polar surface area (TPSA) is 109 Å². The Hall–Kier alpha value is -3.35. The molecule has 2 heterocycles. The van der Waals surface area contributed by atoms with E-state index in [4.69, 9.17) is 4.74 Å². The quantitative estimate of drug-likeness (QED) is 0.384. The highest BCUT2D eigenvalue weighted by atomic mass is 79.9. The van der Waals surface area contributed by atoms with Crippen molar-refractivity contribution in [2.45, 2.75) is 12.0 Å². The molecule has 12 heteroatoms. The molecule has 1 saturated heterocycles. The summed E-state index contributed by atoms with van der Waals surface area (Å²) < 4.78 is 34.1. The fraction of sp³-hybridized carbons (Fsp3) is 0.292. The Bertz CT molecular complexity index is 1260. The number of ether oxygens (including phenoxy) is 1. The lowest BCUT2D eigenvalue weighted by Crippen LogP contribution is -2.42. The second-order valence-corrected chi connectivity index (χ2v) is 9.09. The van der Waals surface area contributed by atoms with Crippen LogP contribution in [0.3, 0.4) is 0 Å². The maximum Gasteiger partial charge on any atom is 0.357 e. The molecule has 1 aliphatic rings. The number of benzene rings is 2. The Morgan fingerprint density at radius 1 is 1.17 bits per heavy atom. The molecule has 2 unspecified atom stereocenters. The number of carbonyl (C=O) groups is 2. The molecule has 36 heavy (non-hydrogen) atoms. The number of aromatic nitrogens is 2. The zero-order valence-electron chi connectivity index (χ0n) is 19.2. The van der Waals surface area contributed by atoms with Crippen LogP contribution in [0.2, 0.25) is 0 Å². The fourth-order valence-corrected chi connectivity index (χ4v) is 4.74. The maximum absolute atomic E-state index is 14.0. The lowest BCUT2D eigenvalue weighted by molar-refractivity contribution is 0.0689. The van der Waals surface area contributed by atoms with Gasteiger partial charge in [0.1, 0.15) is 0 Å². The van der Waals surface area contributed by atoms with E-state index < -0.39 is 29.7 Å². The van der Waals surface area contributed by atoms with Crippen LogP contribution in [0.25, 0.3) is 5.69 Å². The van der Waals surface area contributed by atoms with Gasteiger partial charge in [0.05, 0.1) is 22.8 Å². The van der Waals surface area contributed by atoms with Crippen LogP contribution >= 0.6 is 15.9 Å². The Morgan fingerprint density at radius 2 is 1.92 bits per heavy atom. The minimum atomic E-state index is -1.26. The van der Waals surface area contributed by atoms with Crippen molar-refractivity contribution in [1.82, 2.24) is 20.0 Å². The lowest BCUT2D eigenvalue weighted by atomic mass is 9.94. The number of methoxy groups -OCH3 is 1. The number of hydrogen-bond acceptors (Lipinski definition) is 5. The van der Waals surface area contributed by atoms with Crippen LogP contribution in [0.4, 0.5) is 19.4 Å². The van der Waals surface area contributed by atoms with Gasteiger partial charge in [0.15, 0.2) is 23.1 Å². The Kier molecular flexibility index (Phi) is 7.97. The number of carboxylic acids is 1. The Morgan fingerprint density at radius 3 is 2.58 bits per heavy atom. The molecule has 0 aliphatic carbocycles. The normalized spacial score (nSPS) is 17.8. The average Bonchev–Trinajstić information content (AvgIpc) is 3.41. The van der Waals surface area contributed by atoms with Gasteiger partial charge in [-0.05, 0) is 45.8 Å². The number of para-hydroxylation sites is 1. The summed E-state index contributed by atoms with van der Waals surface area (Å²) in [6, 6.07) is 11.5. The van der Waals surface area contributed by atoms with E-state index >= 15 is 0 Å². The SMILES string of the molecule is COCCN1CC(NC(=O)Nc2c(Br)c(C(=O)O)nn2-c2ccccc2)C(c2ccc(F)c(F)c2)C1. The van der Waals surface area contributed by atoms with Gasteiger partial charge in [-0.1, -0.05) is 24.3 Å². The first-order valence-electron chi connectivity index (χ1n) is 11.1. The van der Waals surface area contributed by atoms with E-state index in [0.29, 0.717) is 37.5 Å². The highest BCUT2D eigenvalue weighted by molar-refractivity contribution is 9.10. The van der Waals surface area contributed by atoms with Crippen molar-refractivity contribution in [3.05, 3.63) is 75.9 Å². The van der Waals surface area contributed by atoms with E-state index in [1.807, 2.05) is 0 Å². The van der Waals surface area contributed by atoms with Gasteiger partial charge in [0.25, 0.3) is 0 Å². The van der Waals surface area contributed by atoms with E-state index in [1.165, 1.54) is 10.7 Å². The summed E-state index contributed by atoms with van der Waals surface area (Å²) in [4.78, 5) is 26.8. The van der Waals surface area contributed by atoms with Crippen molar-refractivity contribution in [3.8, 4) is 5.69 Å². The molecule has 2 atom stereocenters. The molecule has 0 bridgehead atoms. The largest absolute Gasteiger partial charge is 0.476 e. The Balaban J connectivity index is 1.58. The zero-order chi connectivity index (χ0) is 25.8. The first kappa shape index (κ1) is 25.7. The number of aromatic carboxylic acids is 1. The van der Waals surface area contributed by atoms with Gasteiger partial charge >= 0.3 is 12.0 Å². The number of hydrogen-bond donors (Lipinski definition) is 3. The molecular formula is C24H24BrF2N5O4. The number of amides is 2. The number of rotatable bonds is 8. The van der Waals surface area contributed by atoms with E-state index in [1.54, 1.807) is 37.4 Å². The molecule has 3 aromatic rings. The highest BCUT2D eigenvalue weighted by Gasteiger charge is 2.35.